The third-order valence-electron chi connectivity index (χ3n) is 2.22. The summed E-state index contributed by atoms with van der Waals surface area (Å²) in [7, 11) is 1.66. The first-order valence-corrected chi connectivity index (χ1v) is 4.47. The van der Waals surface area contributed by atoms with Gasteiger partial charge in [0.15, 0.2) is 0 Å². The van der Waals surface area contributed by atoms with E-state index in [4.69, 9.17) is 0 Å². The molecule has 0 aliphatic heterocycles. The van der Waals surface area contributed by atoms with Crippen LogP contribution in [0, 0.1) is 13.8 Å². The Morgan fingerprint density at radius 2 is 1.92 bits per heavy atom. The predicted octanol–water partition coefficient (Wildman–Crippen LogP) is 1.24. The first-order valence-electron chi connectivity index (χ1n) is 4.47. The first kappa shape index (κ1) is 9.84. The van der Waals surface area contributed by atoms with Crippen LogP contribution in [0.4, 0.5) is 0 Å². The van der Waals surface area contributed by atoms with Crippen LogP contribution in [-0.4, -0.2) is 17.5 Å². The van der Waals surface area contributed by atoms with Crippen LogP contribution in [0.1, 0.15) is 17.5 Å². The van der Waals surface area contributed by atoms with Crippen LogP contribution in [0.5, 0.6) is 0 Å². The lowest BCUT2D eigenvalue weighted by Gasteiger charge is -2.00. The Balaban J connectivity index is 2.50. The summed E-state index contributed by atoms with van der Waals surface area (Å²) in [4.78, 5) is 11.0. The molecule has 0 saturated heterocycles. The second-order valence-electron chi connectivity index (χ2n) is 3.29. The van der Waals surface area contributed by atoms with Crippen LogP contribution >= 0.6 is 0 Å². The Labute approximate surface area is 78.8 Å². The number of amides is 1. The van der Waals surface area contributed by atoms with Crippen molar-refractivity contribution in [2.75, 3.05) is 7.05 Å². The summed E-state index contributed by atoms with van der Waals surface area (Å²) in [6.07, 6.45) is 4.68. The SMILES string of the molecule is CNC(=O)CCn1cc(C)c(C)c1. The van der Waals surface area contributed by atoms with E-state index in [-0.39, 0.29) is 5.91 Å². The molecule has 0 fully saturated rings. The molecule has 0 saturated carbocycles. The zero-order valence-electron chi connectivity index (χ0n) is 8.42. The molecule has 0 atom stereocenters. The standard InChI is InChI=1S/C10H16N2O/c1-8-6-12(7-9(8)2)5-4-10(13)11-3/h6-7H,4-5H2,1-3H3,(H,11,13). The van der Waals surface area contributed by atoms with Crippen LogP contribution in [0.15, 0.2) is 12.4 Å². The Morgan fingerprint density at radius 1 is 1.38 bits per heavy atom. The molecule has 1 rings (SSSR count). The Hall–Kier alpha value is -1.25. The number of carbonyl (C=O) groups excluding carboxylic acids is 1. The molecule has 0 radical (unpaired) electrons. The largest absolute Gasteiger partial charge is 0.359 e. The monoisotopic (exact) mass is 180 g/mol. The minimum absolute atomic E-state index is 0.0870. The molecule has 3 nitrogen and oxygen atoms in total. The van der Waals surface area contributed by atoms with Crippen LogP contribution in [0.2, 0.25) is 0 Å². The van der Waals surface area contributed by atoms with E-state index in [1.807, 2.05) is 0 Å². The smallest absolute Gasteiger partial charge is 0.221 e. The predicted molar refractivity (Wildman–Crippen MR) is 52.6 cm³/mol. The summed E-state index contributed by atoms with van der Waals surface area (Å²) in [5, 5.41) is 2.60. The van der Waals surface area contributed by atoms with Gasteiger partial charge in [0, 0.05) is 32.4 Å². The number of aryl methyl sites for hydroxylation is 3. The number of carbonyl (C=O) groups is 1. The van der Waals surface area contributed by atoms with E-state index in [9.17, 15) is 4.79 Å². The third kappa shape index (κ3) is 2.61. The Kier molecular flexibility index (Phi) is 3.12. The Morgan fingerprint density at radius 3 is 2.38 bits per heavy atom. The van der Waals surface area contributed by atoms with Crippen LogP contribution in [0.3, 0.4) is 0 Å². The van der Waals surface area contributed by atoms with Crippen molar-refractivity contribution in [1.29, 1.82) is 0 Å². The van der Waals surface area contributed by atoms with E-state index in [2.05, 4.69) is 36.1 Å². The highest BCUT2D eigenvalue weighted by Gasteiger charge is 2.00. The van der Waals surface area contributed by atoms with Crippen LogP contribution in [-0.2, 0) is 11.3 Å². The second kappa shape index (κ2) is 4.12. The van der Waals surface area contributed by atoms with Crippen LogP contribution < -0.4 is 5.32 Å². The molecule has 1 N–H and O–H groups in total. The molecule has 1 aromatic rings. The maximum atomic E-state index is 11.0. The van der Waals surface area contributed by atoms with Gasteiger partial charge in [0.2, 0.25) is 5.91 Å². The lowest BCUT2D eigenvalue weighted by molar-refractivity contribution is -0.120. The number of hydrogen-bond acceptors (Lipinski definition) is 1. The summed E-state index contributed by atoms with van der Waals surface area (Å²) in [6.45, 7) is 4.91. The topological polar surface area (TPSA) is 34.0 Å². The quantitative estimate of drug-likeness (QED) is 0.746. The fourth-order valence-corrected chi connectivity index (χ4v) is 1.22. The van der Waals surface area contributed by atoms with E-state index in [1.165, 1.54) is 11.1 Å². The van der Waals surface area contributed by atoms with E-state index in [0.717, 1.165) is 6.54 Å². The minimum Gasteiger partial charge on any atom is -0.359 e. The van der Waals surface area contributed by atoms with Crippen molar-refractivity contribution in [2.24, 2.45) is 0 Å². The lowest BCUT2D eigenvalue weighted by atomic mass is 10.2. The second-order valence-corrected chi connectivity index (χ2v) is 3.29. The van der Waals surface area contributed by atoms with Gasteiger partial charge < -0.3 is 9.88 Å². The molecule has 0 aromatic carbocycles. The van der Waals surface area contributed by atoms with Gasteiger partial charge in [-0.3, -0.25) is 4.79 Å². The average molecular weight is 180 g/mol. The third-order valence-corrected chi connectivity index (χ3v) is 2.22. The molecular formula is C10H16N2O. The van der Waals surface area contributed by atoms with Crippen molar-refractivity contribution < 1.29 is 4.79 Å². The summed E-state index contributed by atoms with van der Waals surface area (Å²) in [6, 6.07) is 0. The Bertz CT molecular complexity index is 282. The molecule has 13 heavy (non-hydrogen) atoms. The first-order chi connectivity index (χ1) is 6.13. The van der Waals surface area contributed by atoms with Gasteiger partial charge in [0.1, 0.15) is 0 Å². The van der Waals surface area contributed by atoms with Crippen molar-refractivity contribution in [1.82, 2.24) is 9.88 Å². The highest BCUT2D eigenvalue weighted by Crippen LogP contribution is 2.07. The average Bonchev–Trinajstić information content (AvgIpc) is 2.42. The zero-order chi connectivity index (χ0) is 9.84. The molecule has 72 valence electrons. The number of rotatable bonds is 3. The van der Waals surface area contributed by atoms with Gasteiger partial charge in [-0.1, -0.05) is 0 Å². The van der Waals surface area contributed by atoms with Gasteiger partial charge >= 0.3 is 0 Å². The maximum Gasteiger partial charge on any atom is 0.221 e. The summed E-state index contributed by atoms with van der Waals surface area (Å²) < 4.78 is 2.06. The molecule has 0 bridgehead atoms. The van der Waals surface area contributed by atoms with Gasteiger partial charge in [-0.25, -0.2) is 0 Å². The zero-order valence-corrected chi connectivity index (χ0v) is 8.42. The van der Waals surface area contributed by atoms with E-state index >= 15 is 0 Å². The highest BCUT2D eigenvalue weighted by atomic mass is 16.1. The number of hydrogen-bond donors (Lipinski definition) is 1. The molecular weight excluding hydrogens is 164 g/mol. The van der Waals surface area contributed by atoms with Crippen LogP contribution in [0.25, 0.3) is 0 Å². The number of nitrogens with zero attached hydrogens (tertiary/aromatic N) is 1. The maximum absolute atomic E-state index is 11.0. The lowest BCUT2D eigenvalue weighted by Crippen LogP contribution is -2.19. The molecule has 0 spiro atoms. The van der Waals surface area contributed by atoms with Crippen molar-refractivity contribution in [3.63, 3.8) is 0 Å². The molecule has 1 amide bonds. The summed E-state index contributed by atoms with van der Waals surface area (Å²) in [5.74, 6) is 0.0870. The summed E-state index contributed by atoms with van der Waals surface area (Å²) >= 11 is 0. The minimum atomic E-state index is 0.0870. The van der Waals surface area contributed by atoms with E-state index in [0.29, 0.717) is 6.42 Å². The fourth-order valence-electron chi connectivity index (χ4n) is 1.22. The number of nitrogens with one attached hydrogen (secondary N) is 1. The molecule has 0 unspecified atom stereocenters. The van der Waals surface area contributed by atoms with Crippen molar-refractivity contribution in [2.45, 2.75) is 26.8 Å². The van der Waals surface area contributed by atoms with Crippen molar-refractivity contribution in [3.8, 4) is 0 Å². The van der Waals surface area contributed by atoms with Gasteiger partial charge in [-0.15, -0.1) is 0 Å². The van der Waals surface area contributed by atoms with Gasteiger partial charge in [0.05, 0.1) is 0 Å². The van der Waals surface area contributed by atoms with Crippen molar-refractivity contribution >= 4 is 5.91 Å². The van der Waals surface area contributed by atoms with E-state index in [1.54, 1.807) is 7.05 Å². The normalized spacial score (nSPS) is 10.1. The summed E-state index contributed by atoms with van der Waals surface area (Å²) in [5.41, 5.74) is 2.55. The van der Waals surface area contributed by atoms with Gasteiger partial charge in [-0.05, 0) is 25.0 Å². The molecule has 0 aliphatic rings. The molecule has 1 heterocycles. The molecule has 3 heteroatoms. The van der Waals surface area contributed by atoms with Crippen molar-refractivity contribution in [3.05, 3.63) is 23.5 Å². The fraction of sp³-hybridized carbons (Fsp3) is 0.500. The highest BCUT2D eigenvalue weighted by molar-refractivity contribution is 5.75. The number of aromatic nitrogens is 1. The van der Waals surface area contributed by atoms with Gasteiger partial charge in [0.25, 0.3) is 0 Å². The molecule has 1 aromatic heterocycles. The van der Waals surface area contributed by atoms with Gasteiger partial charge in [-0.2, -0.15) is 0 Å². The van der Waals surface area contributed by atoms with E-state index < -0.39 is 0 Å². The molecule has 0 aliphatic carbocycles.